The number of unbranched alkanes of at least 4 members (excludes halogenated alkanes) is 3. The Hall–Kier alpha value is -1.42. The van der Waals surface area contributed by atoms with Crippen LogP contribution in [0.4, 0.5) is 0 Å². The first-order valence-corrected chi connectivity index (χ1v) is 10.1. The molecule has 148 valence electrons. The number of aliphatic hydroxyl groups is 1. The first kappa shape index (κ1) is 22.6. The minimum atomic E-state index is -0.915. The van der Waals surface area contributed by atoms with Gasteiger partial charge in [-0.15, -0.1) is 0 Å². The number of carbonyl (C=O) groups is 2. The highest BCUT2D eigenvalue weighted by atomic mass is 16.4. The van der Waals surface area contributed by atoms with Crippen molar-refractivity contribution in [2.75, 3.05) is 0 Å². The maximum Gasteiger partial charge on any atom is 0.327 e. The van der Waals surface area contributed by atoms with Gasteiger partial charge in [0.25, 0.3) is 0 Å². The topological polar surface area (TPSA) is 74.6 Å². The van der Waals surface area contributed by atoms with E-state index < -0.39 is 12.1 Å². The summed E-state index contributed by atoms with van der Waals surface area (Å²) >= 11 is 0. The summed E-state index contributed by atoms with van der Waals surface area (Å²) in [7, 11) is 0. The molecule has 0 aliphatic heterocycles. The number of carbonyl (C=O) groups excluding carboxylic acids is 1. The minimum Gasteiger partial charge on any atom is -0.478 e. The molecule has 4 nitrogen and oxygen atoms in total. The number of hydrogen-bond acceptors (Lipinski definition) is 3. The number of Topliss-reactive ketones (excluding diaryl/α,β-unsaturated/α-hetero) is 1. The van der Waals surface area contributed by atoms with Gasteiger partial charge in [0.2, 0.25) is 0 Å². The lowest BCUT2D eigenvalue weighted by molar-refractivity contribution is -0.131. The molecule has 0 aromatic heterocycles. The molecule has 0 unspecified atom stereocenters. The average Bonchev–Trinajstić information content (AvgIpc) is 2.93. The Bertz CT molecular complexity index is 504. The van der Waals surface area contributed by atoms with E-state index in [1.807, 2.05) is 6.08 Å². The van der Waals surface area contributed by atoms with E-state index in [4.69, 9.17) is 5.11 Å². The van der Waals surface area contributed by atoms with E-state index >= 15 is 0 Å². The minimum absolute atomic E-state index is 0.0562. The standard InChI is InChI=1S/C22H36O4/c1-4-5-16-22(2,3)20(24)15-13-17-12-14-19(23)18(17)10-8-6-7-9-11-21(25)26/h9,11,13,15,17-18,20,24H,4-8,10,12,14,16H2,1-3H3,(H,25,26)/b11-9+,15-13+/t17-,18-,20-/m1/s1. The first-order valence-electron chi connectivity index (χ1n) is 10.1. The van der Waals surface area contributed by atoms with Crippen LogP contribution in [-0.4, -0.2) is 28.1 Å². The zero-order valence-electron chi connectivity index (χ0n) is 16.6. The quantitative estimate of drug-likeness (QED) is 0.293. The largest absolute Gasteiger partial charge is 0.478 e. The van der Waals surface area contributed by atoms with Crippen molar-refractivity contribution in [3.05, 3.63) is 24.3 Å². The van der Waals surface area contributed by atoms with Crippen LogP contribution >= 0.6 is 0 Å². The van der Waals surface area contributed by atoms with Crippen molar-refractivity contribution in [2.45, 2.75) is 84.7 Å². The predicted molar refractivity (Wildman–Crippen MR) is 105 cm³/mol. The monoisotopic (exact) mass is 364 g/mol. The van der Waals surface area contributed by atoms with Crippen LogP contribution in [0.2, 0.25) is 0 Å². The Morgan fingerprint density at radius 3 is 2.69 bits per heavy atom. The van der Waals surface area contributed by atoms with Gasteiger partial charge in [-0.3, -0.25) is 4.79 Å². The number of aliphatic hydroxyl groups excluding tert-OH is 1. The molecule has 26 heavy (non-hydrogen) atoms. The third kappa shape index (κ3) is 7.86. The van der Waals surface area contributed by atoms with Crippen molar-refractivity contribution in [1.82, 2.24) is 0 Å². The lowest BCUT2D eigenvalue weighted by Gasteiger charge is -2.29. The highest BCUT2D eigenvalue weighted by Gasteiger charge is 2.33. The SMILES string of the molecule is CCCCC(C)(C)[C@H](O)/C=C/[C@H]1CCC(=O)[C@@H]1CCCC/C=C/C(=O)O. The number of carboxylic acids is 1. The zero-order valence-corrected chi connectivity index (χ0v) is 16.6. The molecule has 1 aliphatic carbocycles. The number of carboxylic acid groups (broad SMARTS) is 1. The van der Waals surface area contributed by atoms with E-state index in [9.17, 15) is 14.7 Å². The van der Waals surface area contributed by atoms with Crippen molar-refractivity contribution >= 4 is 11.8 Å². The fourth-order valence-corrected chi connectivity index (χ4v) is 3.64. The molecule has 2 N–H and O–H groups in total. The van der Waals surface area contributed by atoms with Crippen LogP contribution in [0.3, 0.4) is 0 Å². The van der Waals surface area contributed by atoms with Crippen LogP contribution in [0.1, 0.15) is 78.6 Å². The molecule has 1 fully saturated rings. The summed E-state index contributed by atoms with van der Waals surface area (Å²) in [6.45, 7) is 6.35. The normalized spacial score (nSPS) is 22.5. The second-order valence-electron chi connectivity index (χ2n) is 8.22. The molecule has 0 aromatic carbocycles. The van der Waals surface area contributed by atoms with E-state index in [0.29, 0.717) is 12.2 Å². The van der Waals surface area contributed by atoms with Crippen molar-refractivity contribution in [2.24, 2.45) is 17.3 Å². The molecular weight excluding hydrogens is 328 g/mol. The molecule has 1 aliphatic rings. The summed E-state index contributed by atoms with van der Waals surface area (Å²) in [6.07, 6.45) is 14.5. The first-order chi connectivity index (χ1) is 12.3. The van der Waals surface area contributed by atoms with Crippen LogP contribution in [0.15, 0.2) is 24.3 Å². The van der Waals surface area contributed by atoms with E-state index in [0.717, 1.165) is 51.4 Å². The summed E-state index contributed by atoms with van der Waals surface area (Å²) in [4.78, 5) is 22.6. The summed E-state index contributed by atoms with van der Waals surface area (Å²) in [5, 5.41) is 19.1. The fourth-order valence-electron chi connectivity index (χ4n) is 3.64. The van der Waals surface area contributed by atoms with E-state index in [-0.39, 0.29) is 17.3 Å². The maximum atomic E-state index is 12.2. The van der Waals surface area contributed by atoms with Gasteiger partial charge in [0.05, 0.1) is 6.10 Å². The Labute approximate surface area is 158 Å². The van der Waals surface area contributed by atoms with Crippen molar-refractivity contribution in [3.63, 3.8) is 0 Å². The average molecular weight is 365 g/mol. The number of hydrogen-bond donors (Lipinski definition) is 2. The molecule has 0 radical (unpaired) electrons. The van der Waals surface area contributed by atoms with Crippen molar-refractivity contribution in [1.29, 1.82) is 0 Å². The molecule has 4 heteroatoms. The second-order valence-corrected chi connectivity index (χ2v) is 8.22. The van der Waals surface area contributed by atoms with Crippen LogP contribution < -0.4 is 0 Å². The molecule has 0 aromatic rings. The third-order valence-corrected chi connectivity index (χ3v) is 5.57. The molecule has 0 heterocycles. The lowest BCUT2D eigenvalue weighted by Crippen LogP contribution is -2.27. The van der Waals surface area contributed by atoms with Gasteiger partial charge in [-0.25, -0.2) is 4.79 Å². The molecule has 3 atom stereocenters. The third-order valence-electron chi connectivity index (χ3n) is 5.57. The van der Waals surface area contributed by atoms with Crippen LogP contribution in [0.25, 0.3) is 0 Å². The maximum absolute atomic E-state index is 12.2. The molecule has 0 amide bonds. The van der Waals surface area contributed by atoms with Gasteiger partial charge < -0.3 is 10.2 Å². The molecular formula is C22H36O4. The Morgan fingerprint density at radius 1 is 1.31 bits per heavy atom. The number of ketones is 1. The Morgan fingerprint density at radius 2 is 2.04 bits per heavy atom. The predicted octanol–water partition coefficient (Wildman–Crippen LogP) is 4.92. The molecule has 0 saturated heterocycles. The number of aliphatic carboxylic acids is 1. The van der Waals surface area contributed by atoms with Gasteiger partial charge in [0, 0.05) is 18.4 Å². The smallest absolute Gasteiger partial charge is 0.327 e. The summed E-state index contributed by atoms with van der Waals surface area (Å²) < 4.78 is 0. The summed E-state index contributed by atoms with van der Waals surface area (Å²) in [5.74, 6) is -0.295. The lowest BCUT2D eigenvalue weighted by atomic mass is 9.80. The van der Waals surface area contributed by atoms with Gasteiger partial charge in [-0.2, -0.15) is 0 Å². The molecule has 1 rings (SSSR count). The van der Waals surface area contributed by atoms with E-state index in [1.165, 1.54) is 6.08 Å². The highest BCUT2D eigenvalue weighted by molar-refractivity contribution is 5.83. The highest BCUT2D eigenvalue weighted by Crippen LogP contribution is 2.35. The Balaban J connectivity index is 2.49. The second kappa shape index (κ2) is 11.3. The summed E-state index contributed by atoms with van der Waals surface area (Å²) in [5.41, 5.74) is -0.138. The van der Waals surface area contributed by atoms with Crippen molar-refractivity contribution < 1.29 is 19.8 Å². The van der Waals surface area contributed by atoms with Crippen LogP contribution in [-0.2, 0) is 9.59 Å². The Kier molecular flexibility index (Phi) is 9.85. The van der Waals surface area contributed by atoms with Crippen molar-refractivity contribution in [3.8, 4) is 0 Å². The molecule has 0 bridgehead atoms. The van der Waals surface area contributed by atoms with Gasteiger partial charge in [0.15, 0.2) is 0 Å². The number of allylic oxidation sites excluding steroid dienone is 2. The van der Waals surface area contributed by atoms with Crippen LogP contribution in [0.5, 0.6) is 0 Å². The van der Waals surface area contributed by atoms with Crippen LogP contribution in [0, 0.1) is 17.3 Å². The van der Waals surface area contributed by atoms with Gasteiger partial charge in [-0.05, 0) is 43.4 Å². The zero-order chi connectivity index (χ0) is 19.6. The number of rotatable bonds is 12. The molecule has 0 spiro atoms. The van der Waals surface area contributed by atoms with Gasteiger partial charge in [-0.1, -0.05) is 58.3 Å². The molecule has 1 saturated carbocycles. The van der Waals surface area contributed by atoms with E-state index in [2.05, 4.69) is 26.8 Å². The van der Waals surface area contributed by atoms with Gasteiger partial charge in [0.1, 0.15) is 5.78 Å². The fraction of sp³-hybridized carbons (Fsp3) is 0.727. The van der Waals surface area contributed by atoms with E-state index in [1.54, 1.807) is 6.08 Å². The summed E-state index contributed by atoms with van der Waals surface area (Å²) in [6, 6.07) is 0. The van der Waals surface area contributed by atoms with Gasteiger partial charge >= 0.3 is 5.97 Å².